The van der Waals surface area contributed by atoms with E-state index in [2.05, 4.69) is 4.90 Å². The van der Waals surface area contributed by atoms with Gasteiger partial charge in [0.25, 0.3) is 5.91 Å². The van der Waals surface area contributed by atoms with Crippen LogP contribution in [-0.4, -0.2) is 56.8 Å². The number of piperazine rings is 1. The molecule has 0 aromatic heterocycles. The zero-order valence-corrected chi connectivity index (χ0v) is 14.7. The summed E-state index contributed by atoms with van der Waals surface area (Å²) in [5.41, 5.74) is 1.21. The number of sulfone groups is 1. The Morgan fingerprint density at radius 1 is 0.960 bits per heavy atom. The van der Waals surface area contributed by atoms with E-state index < -0.39 is 9.84 Å². The van der Waals surface area contributed by atoms with Crippen molar-refractivity contribution in [1.29, 1.82) is 0 Å². The Morgan fingerprint density at radius 3 is 2.16 bits per heavy atom. The predicted octanol–water partition coefficient (Wildman–Crippen LogP) is 1.76. The summed E-state index contributed by atoms with van der Waals surface area (Å²) in [5, 5.41) is 9.37. The Balaban J connectivity index is 1.73. The largest absolute Gasteiger partial charge is 0.508 e. The molecule has 1 amide bonds. The SMILES string of the molecule is CS(=O)(=O)c1ccccc1C(=O)N1CCN(c2ccc(O)cc2)CC1. The highest BCUT2D eigenvalue weighted by Crippen LogP contribution is 2.22. The van der Waals surface area contributed by atoms with Crippen LogP contribution in [0.3, 0.4) is 0 Å². The first-order valence-electron chi connectivity index (χ1n) is 7.98. The van der Waals surface area contributed by atoms with Crippen molar-refractivity contribution in [2.45, 2.75) is 4.90 Å². The van der Waals surface area contributed by atoms with Crippen LogP contribution in [0.4, 0.5) is 5.69 Å². The van der Waals surface area contributed by atoms with Crippen molar-refractivity contribution in [3.8, 4) is 5.75 Å². The third-order valence-electron chi connectivity index (χ3n) is 4.30. The summed E-state index contributed by atoms with van der Waals surface area (Å²) in [4.78, 5) is 16.6. The second-order valence-corrected chi connectivity index (χ2v) is 8.05. The lowest BCUT2D eigenvalue weighted by molar-refractivity contribution is 0.0743. The minimum Gasteiger partial charge on any atom is -0.508 e. The summed E-state index contributed by atoms with van der Waals surface area (Å²) in [6, 6.07) is 13.3. The first kappa shape index (κ1) is 17.3. The van der Waals surface area contributed by atoms with E-state index in [4.69, 9.17) is 0 Å². The van der Waals surface area contributed by atoms with Crippen molar-refractivity contribution in [3.63, 3.8) is 0 Å². The molecule has 1 aliphatic heterocycles. The minimum atomic E-state index is -3.46. The van der Waals surface area contributed by atoms with E-state index in [1.165, 1.54) is 6.07 Å². The van der Waals surface area contributed by atoms with Crippen LogP contribution in [-0.2, 0) is 9.84 Å². The van der Waals surface area contributed by atoms with Crippen LogP contribution in [0.25, 0.3) is 0 Å². The Kier molecular flexibility index (Phi) is 4.67. The highest BCUT2D eigenvalue weighted by atomic mass is 32.2. The third-order valence-corrected chi connectivity index (χ3v) is 5.45. The molecule has 2 aromatic rings. The van der Waals surface area contributed by atoms with E-state index in [0.29, 0.717) is 26.2 Å². The lowest BCUT2D eigenvalue weighted by atomic mass is 10.1. The summed E-state index contributed by atoms with van der Waals surface area (Å²) in [5.74, 6) is -0.0404. The molecule has 1 heterocycles. The number of phenols is 1. The zero-order valence-electron chi connectivity index (χ0n) is 13.9. The van der Waals surface area contributed by atoms with Gasteiger partial charge in [0.2, 0.25) is 0 Å². The average Bonchev–Trinajstić information content (AvgIpc) is 2.61. The fourth-order valence-electron chi connectivity index (χ4n) is 2.97. The van der Waals surface area contributed by atoms with Crippen LogP contribution < -0.4 is 4.90 Å². The number of carbonyl (C=O) groups is 1. The van der Waals surface area contributed by atoms with Crippen molar-refractivity contribution in [1.82, 2.24) is 4.90 Å². The predicted molar refractivity (Wildman–Crippen MR) is 95.8 cm³/mol. The normalized spacial score (nSPS) is 15.2. The Labute approximate surface area is 147 Å². The molecule has 25 heavy (non-hydrogen) atoms. The molecule has 3 rings (SSSR count). The van der Waals surface area contributed by atoms with Gasteiger partial charge in [0.1, 0.15) is 5.75 Å². The van der Waals surface area contributed by atoms with Gasteiger partial charge in [-0.2, -0.15) is 0 Å². The number of phenolic OH excluding ortho intramolecular Hbond substituents is 1. The highest BCUT2D eigenvalue weighted by molar-refractivity contribution is 7.90. The van der Waals surface area contributed by atoms with Crippen LogP contribution in [0.1, 0.15) is 10.4 Å². The number of hydrogen-bond acceptors (Lipinski definition) is 5. The average molecular weight is 360 g/mol. The second-order valence-electron chi connectivity index (χ2n) is 6.06. The van der Waals surface area contributed by atoms with Gasteiger partial charge in [-0.25, -0.2) is 8.42 Å². The molecule has 1 aliphatic rings. The van der Waals surface area contributed by atoms with Crippen molar-refractivity contribution in [2.24, 2.45) is 0 Å². The van der Waals surface area contributed by atoms with E-state index >= 15 is 0 Å². The van der Waals surface area contributed by atoms with Crippen LogP contribution in [0.15, 0.2) is 53.4 Å². The van der Waals surface area contributed by atoms with E-state index in [1.54, 1.807) is 35.2 Å². The third kappa shape index (κ3) is 3.76. The first-order chi connectivity index (χ1) is 11.9. The summed E-state index contributed by atoms with van der Waals surface area (Å²) in [6.07, 6.45) is 1.11. The fraction of sp³-hybridized carbons (Fsp3) is 0.278. The molecule has 0 saturated carbocycles. The molecule has 1 N–H and O–H groups in total. The topological polar surface area (TPSA) is 77.9 Å². The molecule has 0 spiro atoms. The van der Waals surface area contributed by atoms with Crippen LogP contribution >= 0.6 is 0 Å². The van der Waals surface area contributed by atoms with Crippen LogP contribution in [0.5, 0.6) is 5.75 Å². The number of hydrogen-bond donors (Lipinski definition) is 1. The first-order valence-corrected chi connectivity index (χ1v) is 9.88. The van der Waals surface area contributed by atoms with Gasteiger partial charge < -0.3 is 14.9 Å². The van der Waals surface area contributed by atoms with Crippen LogP contribution in [0.2, 0.25) is 0 Å². The molecule has 1 saturated heterocycles. The monoisotopic (exact) mass is 360 g/mol. The zero-order chi connectivity index (χ0) is 18.0. The fourth-order valence-corrected chi connectivity index (χ4v) is 3.85. The van der Waals surface area contributed by atoms with Gasteiger partial charge in [-0.15, -0.1) is 0 Å². The quantitative estimate of drug-likeness (QED) is 0.902. The van der Waals surface area contributed by atoms with Crippen molar-refractivity contribution >= 4 is 21.4 Å². The summed E-state index contributed by atoms with van der Waals surface area (Å²) in [6.45, 7) is 2.32. The molecule has 2 aromatic carbocycles. The van der Waals surface area contributed by atoms with Gasteiger partial charge in [-0.05, 0) is 36.4 Å². The van der Waals surface area contributed by atoms with Gasteiger partial charge in [-0.1, -0.05) is 12.1 Å². The molecular weight excluding hydrogens is 340 g/mol. The molecule has 7 heteroatoms. The van der Waals surface area contributed by atoms with Crippen LogP contribution in [0, 0.1) is 0 Å². The Bertz CT molecular complexity index is 870. The number of rotatable bonds is 3. The lowest BCUT2D eigenvalue weighted by Crippen LogP contribution is -2.49. The number of benzene rings is 2. The maximum Gasteiger partial charge on any atom is 0.255 e. The molecular formula is C18H20N2O4S. The maximum atomic E-state index is 12.8. The molecule has 0 atom stereocenters. The molecule has 0 aliphatic carbocycles. The lowest BCUT2D eigenvalue weighted by Gasteiger charge is -2.36. The summed E-state index contributed by atoms with van der Waals surface area (Å²) >= 11 is 0. The maximum absolute atomic E-state index is 12.8. The van der Waals surface area contributed by atoms with Crippen molar-refractivity contribution < 1.29 is 18.3 Å². The molecule has 1 fully saturated rings. The summed E-state index contributed by atoms with van der Waals surface area (Å²) < 4.78 is 23.8. The smallest absolute Gasteiger partial charge is 0.255 e. The Hall–Kier alpha value is -2.54. The van der Waals surface area contributed by atoms with E-state index in [-0.39, 0.29) is 22.1 Å². The molecule has 0 bridgehead atoms. The molecule has 0 radical (unpaired) electrons. The van der Waals surface area contributed by atoms with Crippen molar-refractivity contribution in [3.05, 3.63) is 54.1 Å². The van der Waals surface area contributed by atoms with Gasteiger partial charge >= 0.3 is 0 Å². The Morgan fingerprint density at radius 2 is 1.56 bits per heavy atom. The molecule has 0 unspecified atom stereocenters. The van der Waals surface area contributed by atoms with Gasteiger partial charge in [0, 0.05) is 38.1 Å². The second kappa shape index (κ2) is 6.76. The standard InChI is InChI=1S/C18H20N2O4S/c1-25(23,24)17-5-3-2-4-16(17)18(22)20-12-10-19(11-13-20)14-6-8-15(21)9-7-14/h2-9,21H,10-13H2,1H3. The van der Waals surface area contributed by atoms with Gasteiger partial charge in [0.05, 0.1) is 10.5 Å². The summed E-state index contributed by atoms with van der Waals surface area (Å²) in [7, 11) is -3.46. The number of nitrogens with zero attached hydrogens (tertiary/aromatic N) is 2. The minimum absolute atomic E-state index is 0.0703. The van der Waals surface area contributed by atoms with Gasteiger partial charge in [0.15, 0.2) is 9.84 Å². The number of amides is 1. The van der Waals surface area contributed by atoms with Gasteiger partial charge in [-0.3, -0.25) is 4.79 Å². The number of carbonyl (C=O) groups excluding carboxylic acids is 1. The van der Waals surface area contributed by atoms with E-state index in [9.17, 15) is 18.3 Å². The highest BCUT2D eigenvalue weighted by Gasteiger charge is 2.26. The van der Waals surface area contributed by atoms with E-state index in [0.717, 1.165) is 11.9 Å². The number of aromatic hydroxyl groups is 1. The van der Waals surface area contributed by atoms with E-state index in [1.807, 2.05) is 12.1 Å². The number of anilines is 1. The molecule has 132 valence electrons. The van der Waals surface area contributed by atoms with Crippen molar-refractivity contribution in [2.75, 3.05) is 37.3 Å². The molecule has 6 nitrogen and oxygen atoms in total.